The van der Waals surface area contributed by atoms with Gasteiger partial charge in [0.2, 0.25) is 5.91 Å². The molecule has 8 heteroatoms. The maximum atomic E-state index is 12.9. The molecule has 0 saturated heterocycles. The Labute approximate surface area is 166 Å². The van der Waals surface area contributed by atoms with Crippen molar-refractivity contribution in [1.82, 2.24) is 9.55 Å². The Balaban J connectivity index is 0.00000210. The highest BCUT2D eigenvalue weighted by Gasteiger charge is 2.20. The minimum Gasteiger partial charge on any atom is -0.397 e. The zero-order chi connectivity index (χ0) is 18.1. The molecule has 142 valence electrons. The number of para-hydroxylation sites is 2. The molecule has 4 rings (SSSR count). The van der Waals surface area contributed by atoms with E-state index in [4.69, 9.17) is 5.73 Å². The van der Waals surface area contributed by atoms with Crippen molar-refractivity contribution in [3.05, 3.63) is 51.4 Å². The molecule has 0 radical (unpaired) electrons. The van der Waals surface area contributed by atoms with Crippen LogP contribution in [0.15, 0.2) is 35.4 Å². The van der Waals surface area contributed by atoms with Crippen molar-refractivity contribution in [2.75, 3.05) is 11.1 Å². The number of nitrogens with zero attached hydrogens (tertiary/aromatic N) is 2. The van der Waals surface area contributed by atoms with E-state index in [-0.39, 0.29) is 30.3 Å². The number of nitrogens with two attached hydrogens (primary N) is 1. The van der Waals surface area contributed by atoms with Gasteiger partial charge < -0.3 is 11.1 Å². The Kier molecular flexibility index (Phi) is 5.82. The molecule has 27 heavy (non-hydrogen) atoms. The molecule has 3 N–H and O–H groups in total. The second kappa shape index (κ2) is 8.10. The predicted molar refractivity (Wildman–Crippen MR) is 112 cm³/mol. The summed E-state index contributed by atoms with van der Waals surface area (Å²) in [5.41, 5.74) is 8.07. The van der Waals surface area contributed by atoms with Crippen LogP contribution < -0.4 is 16.6 Å². The number of rotatable bonds is 4. The van der Waals surface area contributed by atoms with E-state index in [0.29, 0.717) is 17.9 Å². The second-order valence-electron chi connectivity index (χ2n) is 6.52. The van der Waals surface area contributed by atoms with Crippen LogP contribution in [0.5, 0.6) is 0 Å². The first kappa shape index (κ1) is 19.4. The zero-order valence-electron chi connectivity index (χ0n) is 14.7. The van der Waals surface area contributed by atoms with E-state index in [1.165, 1.54) is 21.4 Å². The number of hydrogen-bond donors (Lipinski definition) is 2. The molecule has 6 nitrogen and oxygen atoms in total. The van der Waals surface area contributed by atoms with Gasteiger partial charge in [-0.25, -0.2) is 4.98 Å². The summed E-state index contributed by atoms with van der Waals surface area (Å²) in [5.74, 6) is -0.178. The molecule has 0 unspecified atom stereocenters. The molecule has 0 atom stereocenters. The lowest BCUT2D eigenvalue weighted by Crippen LogP contribution is -2.24. The molecule has 0 fully saturated rings. The van der Waals surface area contributed by atoms with Crippen LogP contribution in [0.4, 0.5) is 11.4 Å². The summed E-state index contributed by atoms with van der Waals surface area (Å²) in [5, 5.41) is 3.53. The Morgan fingerprint density at radius 3 is 2.85 bits per heavy atom. The molecule has 1 aliphatic carbocycles. The van der Waals surface area contributed by atoms with E-state index in [1.807, 2.05) is 12.1 Å². The lowest BCUT2D eigenvalue weighted by molar-refractivity contribution is -0.116. The van der Waals surface area contributed by atoms with Crippen LogP contribution in [0, 0.1) is 0 Å². The Bertz CT molecular complexity index is 1040. The third-order valence-electron chi connectivity index (χ3n) is 4.76. The molecule has 0 spiro atoms. The Hall–Kier alpha value is -2.38. The fourth-order valence-corrected chi connectivity index (χ4v) is 4.61. The van der Waals surface area contributed by atoms with Gasteiger partial charge in [0, 0.05) is 17.8 Å². The standard InChI is InChI=1S/C19H20N4O2S.ClH/c20-13-6-2-3-7-14(13)22-16(24)9-10-23-11-21-18-17(19(23)25)12-5-1-4-8-15(12)26-18;/h2-3,6-7,11H,1,4-5,8-10,20H2,(H,22,24);1H. The van der Waals surface area contributed by atoms with Crippen molar-refractivity contribution < 1.29 is 4.79 Å². The number of fused-ring (bicyclic) bond motifs is 3. The number of carbonyl (C=O) groups excluding carboxylic acids is 1. The number of anilines is 2. The summed E-state index contributed by atoms with van der Waals surface area (Å²) >= 11 is 1.63. The van der Waals surface area contributed by atoms with E-state index in [9.17, 15) is 9.59 Å². The molecule has 0 aliphatic heterocycles. The monoisotopic (exact) mass is 404 g/mol. The number of hydrogen-bond acceptors (Lipinski definition) is 5. The van der Waals surface area contributed by atoms with Crippen molar-refractivity contribution in [1.29, 1.82) is 0 Å². The summed E-state index contributed by atoms with van der Waals surface area (Å²) in [7, 11) is 0. The Morgan fingerprint density at radius 1 is 1.26 bits per heavy atom. The van der Waals surface area contributed by atoms with Crippen molar-refractivity contribution in [3.8, 4) is 0 Å². The van der Waals surface area contributed by atoms with E-state index in [2.05, 4.69) is 10.3 Å². The van der Waals surface area contributed by atoms with Crippen LogP contribution in [-0.4, -0.2) is 15.5 Å². The summed E-state index contributed by atoms with van der Waals surface area (Å²) < 4.78 is 1.54. The summed E-state index contributed by atoms with van der Waals surface area (Å²) in [4.78, 5) is 31.6. The van der Waals surface area contributed by atoms with Crippen LogP contribution in [0.2, 0.25) is 0 Å². The first-order valence-electron chi connectivity index (χ1n) is 8.77. The lowest BCUT2D eigenvalue weighted by atomic mass is 9.97. The average Bonchev–Trinajstić information content (AvgIpc) is 3.02. The smallest absolute Gasteiger partial charge is 0.262 e. The minimum absolute atomic E-state index is 0. The molecule has 2 aromatic heterocycles. The number of thiophene rings is 1. The molecule has 1 amide bonds. The third kappa shape index (κ3) is 3.84. The first-order chi connectivity index (χ1) is 12.6. The van der Waals surface area contributed by atoms with Crippen LogP contribution >= 0.6 is 23.7 Å². The van der Waals surface area contributed by atoms with Crippen LogP contribution in [-0.2, 0) is 24.2 Å². The number of benzene rings is 1. The van der Waals surface area contributed by atoms with Gasteiger partial charge >= 0.3 is 0 Å². The molecule has 0 bridgehead atoms. The van der Waals surface area contributed by atoms with Gasteiger partial charge in [0.25, 0.3) is 5.56 Å². The van der Waals surface area contributed by atoms with Gasteiger partial charge in [0.1, 0.15) is 4.83 Å². The van der Waals surface area contributed by atoms with Gasteiger partial charge in [-0.05, 0) is 43.4 Å². The van der Waals surface area contributed by atoms with Gasteiger partial charge in [-0.3, -0.25) is 14.2 Å². The van der Waals surface area contributed by atoms with Crippen molar-refractivity contribution >= 4 is 51.2 Å². The lowest BCUT2D eigenvalue weighted by Gasteiger charge is -2.11. The zero-order valence-corrected chi connectivity index (χ0v) is 16.4. The highest BCUT2D eigenvalue weighted by molar-refractivity contribution is 7.18. The van der Waals surface area contributed by atoms with Crippen molar-refractivity contribution in [2.45, 2.75) is 38.6 Å². The molecule has 3 aromatic rings. The topological polar surface area (TPSA) is 90.0 Å². The van der Waals surface area contributed by atoms with E-state index in [0.717, 1.165) is 29.5 Å². The maximum Gasteiger partial charge on any atom is 0.262 e. The van der Waals surface area contributed by atoms with Crippen LogP contribution in [0.3, 0.4) is 0 Å². The summed E-state index contributed by atoms with van der Waals surface area (Å²) in [6.45, 7) is 0.297. The number of aryl methyl sites for hydroxylation is 3. The molecule has 0 saturated carbocycles. The van der Waals surface area contributed by atoms with Gasteiger partial charge in [-0.15, -0.1) is 23.7 Å². The molecule has 1 aliphatic rings. The molecular formula is C19H21ClN4O2S. The normalized spacial score (nSPS) is 13.0. The van der Waals surface area contributed by atoms with E-state index < -0.39 is 0 Å². The van der Waals surface area contributed by atoms with Crippen LogP contribution in [0.25, 0.3) is 10.2 Å². The largest absolute Gasteiger partial charge is 0.397 e. The maximum absolute atomic E-state index is 12.9. The quantitative estimate of drug-likeness (QED) is 0.652. The van der Waals surface area contributed by atoms with Gasteiger partial charge in [0.15, 0.2) is 0 Å². The SMILES string of the molecule is Cl.Nc1ccccc1NC(=O)CCn1cnc2sc3c(c2c1=O)CCCC3. The number of halogens is 1. The predicted octanol–water partition coefficient (Wildman–Crippen LogP) is 3.37. The molecule has 1 aromatic carbocycles. The highest BCUT2D eigenvalue weighted by atomic mass is 35.5. The number of amides is 1. The number of nitrogen functional groups attached to an aromatic ring is 1. The Morgan fingerprint density at radius 2 is 2.04 bits per heavy atom. The van der Waals surface area contributed by atoms with Gasteiger partial charge in [0.05, 0.1) is 23.1 Å². The molecular weight excluding hydrogens is 384 g/mol. The van der Waals surface area contributed by atoms with Gasteiger partial charge in [-0.1, -0.05) is 12.1 Å². The highest BCUT2D eigenvalue weighted by Crippen LogP contribution is 2.33. The van der Waals surface area contributed by atoms with E-state index in [1.54, 1.807) is 29.8 Å². The number of nitrogens with one attached hydrogen (secondary N) is 1. The minimum atomic E-state index is -0.178. The summed E-state index contributed by atoms with van der Waals surface area (Å²) in [6.07, 6.45) is 6.02. The first-order valence-corrected chi connectivity index (χ1v) is 9.59. The number of aromatic nitrogens is 2. The van der Waals surface area contributed by atoms with Crippen molar-refractivity contribution in [3.63, 3.8) is 0 Å². The third-order valence-corrected chi connectivity index (χ3v) is 5.96. The number of carbonyl (C=O) groups is 1. The summed E-state index contributed by atoms with van der Waals surface area (Å²) in [6, 6.07) is 7.11. The van der Waals surface area contributed by atoms with Gasteiger partial charge in [-0.2, -0.15) is 0 Å². The van der Waals surface area contributed by atoms with Crippen LogP contribution in [0.1, 0.15) is 29.7 Å². The molecule has 2 heterocycles. The van der Waals surface area contributed by atoms with Crippen molar-refractivity contribution in [2.24, 2.45) is 0 Å². The second-order valence-corrected chi connectivity index (χ2v) is 7.60. The van der Waals surface area contributed by atoms with E-state index >= 15 is 0 Å². The fraction of sp³-hybridized carbons (Fsp3) is 0.316. The fourth-order valence-electron chi connectivity index (χ4n) is 3.39. The average molecular weight is 405 g/mol.